The smallest absolute Gasteiger partial charge is 0.261 e. The van der Waals surface area contributed by atoms with Crippen LogP contribution in [0.1, 0.15) is 17.5 Å². The van der Waals surface area contributed by atoms with E-state index in [1.165, 1.54) is 19.2 Å². The van der Waals surface area contributed by atoms with E-state index in [2.05, 4.69) is 10.0 Å². The van der Waals surface area contributed by atoms with Gasteiger partial charge in [0.25, 0.3) is 10.0 Å². The van der Waals surface area contributed by atoms with E-state index < -0.39 is 10.0 Å². The average molecular weight is 455 g/mol. The molecule has 0 radical (unpaired) electrons. The normalized spacial score (nSPS) is 11.0. The van der Waals surface area contributed by atoms with Crippen LogP contribution >= 0.6 is 0 Å². The van der Waals surface area contributed by atoms with Gasteiger partial charge >= 0.3 is 0 Å². The van der Waals surface area contributed by atoms with Crippen molar-refractivity contribution in [2.45, 2.75) is 24.7 Å². The fourth-order valence-electron chi connectivity index (χ4n) is 3.05. The predicted octanol–water partition coefficient (Wildman–Crippen LogP) is 4.38. The Kier molecular flexibility index (Phi) is 7.37. The molecule has 7 nitrogen and oxygen atoms in total. The molecule has 2 N–H and O–H groups in total. The summed E-state index contributed by atoms with van der Waals surface area (Å²) in [6.45, 7) is 1.93. The second-order valence-corrected chi connectivity index (χ2v) is 8.91. The largest absolute Gasteiger partial charge is 0.497 e. The van der Waals surface area contributed by atoms with E-state index in [4.69, 9.17) is 9.47 Å². The lowest BCUT2D eigenvalue weighted by atomic mass is 10.1. The summed E-state index contributed by atoms with van der Waals surface area (Å²) >= 11 is 0. The van der Waals surface area contributed by atoms with Crippen LogP contribution in [0.25, 0.3) is 0 Å². The van der Waals surface area contributed by atoms with Gasteiger partial charge in [-0.05, 0) is 55.3 Å². The van der Waals surface area contributed by atoms with Gasteiger partial charge in [0, 0.05) is 18.2 Å². The summed E-state index contributed by atoms with van der Waals surface area (Å²) in [7, 11) is -0.607. The van der Waals surface area contributed by atoms with Crippen molar-refractivity contribution in [2.24, 2.45) is 0 Å². The van der Waals surface area contributed by atoms with E-state index in [1.54, 1.807) is 49.6 Å². The second kappa shape index (κ2) is 10.2. The highest BCUT2D eigenvalue weighted by Crippen LogP contribution is 2.29. The van der Waals surface area contributed by atoms with Crippen molar-refractivity contribution in [3.8, 4) is 11.5 Å². The van der Waals surface area contributed by atoms with Gasteiger partial charge in [-0.1, -0.05) is 29.8 Å². The number of hydrogen-bond acceptors (Lipinski definition) is 5. The Bertz CT molecular complexity index is 1170. The van der Waals surface area contributed by atoms with Crippen molar-refractivity contribution >= 4 is 27.3 Å². The molecule has 0 aliphatic rings. The molecule has 0 aliphatic heterocycles. The molecule has 3 aromatic rings. The third-order valence-corrected chi connectivity index (χ3v) is 6.26. The van der Waals surface area contributed by atoms with Crippen LogP contribution in [0.15, 0.2) is 71.6 Å². The molecule has 3 aromatic carbocycles. The van der Waals surface area contributed by atoms with Gasteiger partial charge in [-0.15, -0.1) is 0 Å². The molecule has 0 aliphatic carbocycles. The molecule has 8 heteroatoms. The van der Waals surface area contributed by atoms with E-state index in [-0.39, 0.29) is 17.2 Å². The maximum Gasteiger partial charge on any atom is 0.261 e. The third kappa shape index (κ3) is 6.01. The van der Waals surface area contributed by atoms with Crippen molar-refractivity contribution in [1.82, 2.24) is 0 Å². The number of ether oxygens (including phenoxy) is 2. The first-order chi connectivity index (χ1) is 15.3. The fraction of sp³-hybridized carbons (Fsp3) is 0.208. The molecule has 0 unspecified atom stereocenters. The Balaban J connectivity index is 1.60. The lowest BCUT2D eigenvalue weighted by Crippen LogP contribution is -2.14. The zero-order chi connectivity index (χ0) is 23.1. The number of carbonyl (C=O) groups excluding carboxylic acids is 1. The molecule has 1 amide bonds. The highest BCUT2D eigenvalue weighted by Gasteiger charge is 2.14. The monoisotopic (exact) mass is 454 g/mol. The van der Waals surface area contributed by atoms with Crippen LogP contribution in [0.4, 0.5) is 11.4 Å². The van der Waals surface area contributed by atoms with Crippen molar-refractivity contribution in [2.75, 3.05) is 24.3 Å². The molecule has 0 spiro atoms. The third-order valence-electron chi connectivity index (χ3n) is 4.86. The minimum Gasteiger partial charge on any atom is -0.497 e. The maximum atomic E-state index is 12.6. The van der Waals surface area contributed by atoms with Crippen molar-refractivity contribution in [3.63, 3.8) is 0 Å². The van der Waals surface area contributed by atoms with E-state index >= 15 is 0 Å². The Hall–Kier alpha value is -3.52. The molecular weight excluding hydrogens is 428 g/mol. The van der Waals surface area contributed by atoms with E-state index in [0.717, 1.165) is 11.1 Å². The number of sulfonamides is 1. The van der Waals surface area contributed by atoms with Crippen LogP contribution in [0.3, 0.4) is 0 Å². The average Bonchev–Trinajstić information content (AvgIpc) is 2.79. The first-order valence-electron chi connectivity index (χ1n) is 10.0. The van der Waals surface area contributed by atoms with Crippen LogP contribution in [0, 0.1) is 6.92 Å². The number of methoxy groups -OCH3 is 2. The minimum atomic E-state index is -3.68. The number of nitrogens with one attached hydrogen (secondary N) is 2. The molecule has 0 fully saturated rings. The van der Waals surface area contributed by atoms with Gasteiger partial charge in [-0.25, -0.2) is 8.42 Å². The molecule has 168 valence electrons. The molecule has 0 bridgehead atoms. The van der Waals surface area contributed by atoms with Gasteiger partial charge in [0.05, 0.1) is 24.8 Å². The lowest BCUT2D eigenvalue weighted by Gasteiger charge is -2.12. The molecule has 0 aromatic heterocycles. The summed E-state index contributed by atoms with van der Waals surface area (Å²) in [5.74, 6) is 0.959. The standard InChI is InChI=1S/C24H26N2O5S/c1-17-4-9-19(10-5-17)26-32(28,29)21-12-6-18(7-13-21)8-15-24(27)25-22-16-20(30-2)11-14-23(22)31-3/h4-7,9-14,16,26H,8,15H2,1-3H3,(H,25,27). The fourth-order valence-corrected chi connectivity index (χ4v) is 4.11. The summed E-state index contributed by atoms with van der Waals surface area (Å²) in [4.78, 5) is 12.6. The Labute approximate surface area is 188 Å². The van der Waals surface area contributed by atoms with Crippen molar-refractivity contribution < 1.29 is 22.7 Å². The number of rotatable bonds is 9. The first kappa shape index (κ1) is 23.1. The van der Waals surface area contributed by atoms with Crippen LogP contribution in [0.5, 0.6) is 11.5 Å². The van der Waals surface area contributed by atoms with Gasteiger partial charge in [-0.2, -0.15) is 0 Å². The number of carbonyl (C=O) groups is 1. The van der Waals surface area contributed by atoms with E-state index in [0.29, 0.717) is 29.3 Å². The zero-order valence-electron chi connectivity index (χ0n) is 18.2. The summed E-state index contributed by atoms with van der Waals surface area (Å²) in [6, 6.07) is 18.8. The molecule has 0 saturated carbocycles. The summed E-state index contributed by atoms with van der Waals surface area (Å²) in [5.41, 5.74) is 2.93. The number of amides is 1. The van der Waals surface area contributed by atoms with Crippen molar-refractivity contribution in [1.29, 1.82) is 0 Å². The molecule has 32 heavy (non-hydrogen) atoms. The van der Waals surface area contributed by atoms with Gasteiger partial charge < -0.3 is 14.8 Å². The van der Waals surface area contributed by atoms with Gasteiger partial charge in [-0.3, -0.25) is 9.52 Å². The van der Waals surface area contributed by atoms with Crippen LogP contribution in [-0.4, -0.2) is 28.5 Å². The Morgan fingerprint density at radius 3 is 2.22 bits per heavy atom. The molecule has 3 rings (SSSR count). The number of aryl methyl sites for hydroxylation is 2. The van der Waals surface area contributed by atoms with Gasteiger partial charge in [0.2, 0.25) is 5.91 Å². The maximum absolute atomic E-state index is 12.6. The quantitative estimate of drug-likeness (QED) is 0.500. The Morgan fingerprint density at radius 2 is 1.59 bits per heavy atom. The molecule has 0 atom stereocenters. The summed E-state index contributed by atoms with van der Waals surface area (Å²) in [5, 5.41) is 2.82. The zero-order valence-corrected chi connectivity index (χ0v) is 19.0. The number of benzene rings is 3. The van der Waals surface area contributed by atoms with Gasteiger partial charge in [0.1, 0.15) is 11.5 Å². The topological polar surface area (TPSA) is 93.7 Å². The minimum absolute atomic E-state index is 0.160. The SMILES string of the molecule is COc1ccc(OC)c(NC(=O)CCc2ccc(S(=O)(=O)Nc3ccc(C)cc3)cc2)c1. The van der Waals surface area contributed by atoms with Gasteiger partial charge in [0.15, 0.2) is 0 Å². The number of hydrogen-bond donors (Lipinski definition) is 2. The second-order valence-electron chi connectivity index (χ2n) is 7.23. The molecule has 0 heterocycles. The number of anilines is 2. The van der Waals surface area contributed by atoms with Crippen LogP contribution in [-0.2, 0) is 21.2 Å². The lowest BCUT2D eigenvalue weighted by molar-refractivity contribution is -0.116. The van der Waals surface area contributed by atoms with E-state index in [1.807, 2.05) is 19.1 Å². The molecule has 0 saturated heterocycles. The first-order valence-corrected chi connectivity index (χ1v) is 11.5. The van der Waals surface area contributed by atoms with Crippen molar-refractivity contribution in [3.05, 3.63) is 77.9 Å². The van der Waals surface area contributed by atoms with Crippen LogP contribution in [0.2, 0.25) is 0 Å². The van der Waals surface area contributed by atoms with E-state index in [9.17, 15) is 13.2 Å². The summed E-state index contributed by atoms with van der Waals surface area (Å²) < 4.78 is 38.2. The highest BCUT2D eigenvalue weighted by molar-refractivity contribution is 7.92. The Morgan fingerprint density at radius 1 is 0.906 bits per heavy atom. The van der Waals surface area contributed by atoms with Crippen LogP contribution < -0.4 is 19.5 Å². The molecular formula is C24H26N2O5S. The highest BCUT2D eigenvalue weighted by atomic mass is 32.2. The summed E-state index contributed by atoms with van der Waals surface area (Å²) in [6.07, 6.45) is 0.692. The predicted molar refractivity (Wildman–Crippen MR) is 125 cm³/mol.